The number of aliphatic hydroxyl groups is 2. The Balaban J connectivity index is 1.77. The van der Waals surface area contributed by atoms with E-state index in [-0.39, 0.29) is 19.1 Å². The lowest BCUT2D eigenvalue weighted by molar-refractivity contribution is -0.242. The number of hydrogen-bond acceptors (Lipinski definition) is 7. The molecule has 4 N–H and O–H groups in total. The van der Waals surface area contributed by atoms with Gasteiger partial charge in [-0.25, -0.2) is 0 Å². The number of nitrogens with zero attached hydrogens (tertiary/aromatic N) is 1. The summed E-state index contributed by atoms with van der Waals surface area (Å²) in [5.41, 5.74) is 4.26. The average molecular weight is 400 g/mol. The zero-order valence-electron chi connectivity index (χ0n) is 16.3. The molecule has 0 spiro atoms. The maximum Gasteiger partial charge on any atom is 0.252 e. The molecule has 160 valence electrons. The molecule has 3 fully saturated rings. The Morgan fingerprint density at radius 1 is 1.14 bits per heavy atom. The molecule has 1 saturated carbocycles. The van der Waals surface area contributed by atoms with Crippen molar-refractivity contribution in [2.45, 2.75) is 62.4 Å². The lowest BCUT2D eigenvalue weighted by Gasteiger charge is -2.50. The summed E-state index contributed by atoms with van der Waals surface area (Å²) in [5, 5.41) is 20.2. The van der Waals surface area contributed by atoms with Gasteiger partial charge in [0.25, 0.3) is 5.91 Å². The average Bonchev–Trinajstić information content (AvgIpc) is 2.72. The van der Waals surface area contributed by atoms with Crippen LogP contribution >= 0.6 is 0 Å². The fraction of sp³-hybridized carbons (Fsp3) is 0.895. The number of aliphatic hydroxyl groups excluding tert-OH is 2. The van der Waals surface area contributed by atoms with Crippen molar-refractivity contribution in [1.29, 1.82) is 0 Å². The third-order valence-corrected chi connectivity index (χ3v) is 6.23. The van der Waals surface area contributed by atoms with Crippen LogP contribution in [0.15, 0.2) is 0 Å². The van der Waals surface area contributed by atoms with Gasteiger partial charge in [0.15, 0.2) is 5.60 Å². The molecule has 3 unspecified atom stereocenters. The molecule has 2 amide bonds. The van der Waals surface area contributed by atoms with E-state index in [0.717, 1.165) is 12.8 Å². The number of primary amides is 1. The molecule has 0 aromatic heterocycles. The number of carbonyl (C=O) groups excluding carboxylic acids is 2. The summed E-state index contributed by atoms with van der Waals surface area (Å²) >= 11 is 0. The molecule has 1 aliphatic carbocycles. The molecule has 28 heavy (non-hydrogen) atoms. The number of hydrogen-bond donors (Lipinski definition) is 3. The van der Waals surface area contributed by atoms with Crippen molar-refractivity contribution in [3.63, 3.8) is 0 Å². The van der Waals surface area contributed by atoms with Gasteiger partial charge in [0.2, 0.25) is 5.91 Å². The Bertz CT molecular complexity index is 554. The van der Waals surface area contributed by atoms with E-state index in [0.29, 0.717) is 52.0 Å². The lowest BCUT2D eigenvalue weighted by atomic mass is 9.69. The first-order valence-electron chi connectivity index (χ1n) is 10.2. The highest BCUT2D eigenvalue weighted by molar-refractivity contribution is 5.85. The Morgan fingerprint density at radius 2 is 1.86 bits per heavy atom. The summed E-state index contributed by atoms with van der Waals surface area (Å²) in [6.07, 6.45) is 1.76. The van der Waals surface area contributed by atoms with Crippen LogP contribution in [0.5, 0.6) is 0 Å². The summed E-state index contributed by atoms with van der Waals surface area (Å²) in [5.74, 6) is -1.40. The molecular formula is C19H32N2O7. The number of rotatable bonds is 6. The van der Waals surface area contributed by atoms with Crippen LogP contribution < -0.4 is 5.73 Å². The van der Waals surface area contributed by atoms with Crippen LogP contribution in [0, 0.1) is 5.92 Å². The van der Waals surface area contributed by atoms with Crippen LogP contribution in [0.4, 0.5) is 0 Å². The molecule has 2 heterocycles. The molecular weight excluding hydrogens is 368 g/mol. The number of morpholine rings is 1. The van der Waals surface area contributed by atoms with E-state index >= 15 is 0 Å². The molecule has 0 bridgehead atoms. The van der Waals surface area contributed by atoms with Crippen LogP contribution in [0.1, 0.15) is 38.5 Å². The second kappa shape index (κ2) is 9.49. The van der Waals surface area contributed by atoms with Gasteiger partial charge in [0.05, 0.1) is 38.1 Å². The van der Waals surface area contributed by atoms with Gasteiger partial charge in [-0.2, -0.15) is 0 Å². The fourth-order valence-electron chi connectivity index (χ4n) is 4.71. The van der Waals surface area contributed by atoms with Crippen LogP contribution in [-0.2, 0) is 23.8 Å². The van der Waals surface area contributed by atoms with Crippen molar-refractivity contribution in [1.82, 2.24) is 4.90 Å². The molecule has 5 atom stereocenters. The summed E-state index contributed by atoms with van der Waals surface area (Å²) in [6, 6.07) is 0. The van der Waals surface area contributed by atoms with Crippen LogP contribution in [0.2, 0.25) is 0 Å². The number of ether oxygens (including phenoxy) is 3. The van der Waals surface area contributed by atoms with Gasteiger partial charge in [0.1, 0.15) is 6.61 Å². The maximum atomic E-state index is 12.7. The van der Waals surface area contributed by atoms with E-state index in [1.54, 1.807) is 4.90 Å². The third kappa shape index (κ3) is 4.33. The number of amides is 2. The molecule has 0 aromatic rings. The SMILES string of the molecule is NC(=O)C1([C@H]2CCCC[C@@H]2O)OC(CO)CCC1OCC(=O)N1CCOCC1. The van der Waals surface area contributed by atoms with Crippen molar-refractivity contribution >= 4 is 11.8 Å². The predicted octanol–water partition coefficient (Wildman–Crippen LogP) is -0.823. The Morgan fingerprint density at radius 3 is 2.50 bits per heavy atom. The van der Waals surface area contributed by atoms with Gasteiger partial charge in [-0.15, -0.1) is 0 Å². The molecule has 0 radical (unpaired) electrons. The zero-order valence-corrected chi connectivity index (χ0v) is 16.3. The van der Waals surface area contributed by atoms with E-state index in [4.69, 9.17) is 19.9 Å². The quantitative estimate of drug-likeness (QED) is 0.531. The van der Waals surface area contributed by atoms with Crippen LogP contribution in [0.3, 0.4) is 0 Å². The van der Waals surface area contributed by atoms with Crippen molar-refractivity contribution in [3.8, 4) is 0 Å². The molecule has 3 aliphatic rings. The minimum atomic E-state index is -1.54. The second-order valence-corrected chi connectivity index (χ2v) is 7.91. The van der Waals surface area contributed by atoms with E-state index in [9.17, 15) is 19.8 Å². The first kappa shape index (κ1) is 21.4. The minimum absolute atomic E-state index is 0.171. The monoisotopic (exact) mass is 400 g/mol. The molecule has 2 aliphatic heterocycles. The van der Waals surface area contributed by atoms with Gasteiger partial charge < -0.3 is 35.1 Å². The fourth-order valence-corrected chi connectivity index (χ4v) is 4.71. The molecule has 2 saturated heterocycles. The van der Waals surface area contributed by atoms with Gasteiger partial charge in [-0.05, 0) is 25.7 Å². The summed E-state index contributed by atoms with van der Waals surface area (Å²) in [4.78, 5) is 26.8. The number of nitrogens with two attached hydrogens (primary N) is 1. The Labute approximate surface area is 165 Å². The van der Waals surface area contributed by atoms with Crippen LogP contribution in [-0.4, -0.2) is 90.4 Å². The van der Waals surface area contributed by atoms with Gasteiger partial charge >= 0.3 is 0 Å². The normalized spacial score (nSPS) is 36.9. The van der Waals surface area contributed by atoms with E-state index in [2.05, 4.69) is 0 Å². The van der Waals surface area contributed by atoms with Crippen molar-refractivity contribution in [2.75, 3.05) is 39.5 Å². The van der Waals surface area contributed by atoms with Gasteiger partial charge in [-0.1, -0.05) is 12.8 Å². The molecule has 9 nitrogen and oxygen atoms in total. The Hall–Kier alpha value is -1.26. The first-order valence-corrected chi connectivity index (χ1v) is 10.2. The summed E-state index contributed by atoms with van der Waals surface area (Å²) in [7, 11) is 0. The molecule has 0 aromatic carbocycles. The maximum absolute atomic E-state index is 12.7. The smallest absolute Gasteiger partial charge is 0.252 e. The van der Waals surface area contributed by atoms with Crippen molar-refractivity contribution in [3.05, 3.63) is 0 Å². The standard InChI is InChI=1S/C19H32N2O7/c20-18(25)19(14-3-1-2-4-15(14)23)16(6-5-13(11-22)28-19)27-12-17(24)21-7-9-26-10-8-21/h13-16,22-23H,1-12H2,(H2,20,25)/t13?,14-,15-,16?,19?/m0/s1. The highest BCUT2D eigenvalue weighted by Gasteiger charge is 2.58. The number of carbonyl (C=O) groups is 2. The second-order valence-electron chi connectivity index (χ2n) is 7.91. The van der Waals surface area contributed by atoms with Gasteiger partial charge in [0, 0.05) is 19.0 Å². The Kier molecular flexibility index (Phi) is 7.27. The van der Waals surface area contributed by atoms with Crippen molar-refractivity contribution in [2.24, 2.45) is 11.7 Å². The highest BCUT2D eigenvalue weighted by Crippen LogP contribution is 2.43. The third-order valence-electron chi connectivity index (χ3n) is 6.23. The highest BCUT2D eigenvalue weighted by atomic mass is 16.6. The largest absolute Gasteiger partial charge is 0.394 e. The zero-order chi connectivity index (χ0) is 20.1. The van der Waals surface area contributed by atoms with E-state index in [1.807, 2.05) is 0 Å². The van der Waals surface area contributed by atoms with Crippen molar-refractivity contribution < 1.29 is 34.0 Å². The summed E-state index contributed by atoms with van der Waals surface area (Å²) in [6.45, 7) is 1.59. The summed E-state index contributed by atoms with van der Waals surface area (Å²) < 4.78 is 17.2. The lowest BCUT2D eigenvalue weighted by Crippen LogP contribution is -2.67. The van der Waals surface area contributed by atoms with E-state index < -0.39 is 35.7 Å². The molecule has 9 heteroatoms. The first-order chi connectivity index (χ1) is 13.5. The predicted molar refractivity (Wildman–Crippen MR) is 98.2 cm³/mol. The molecule has 3 rings (SSSR count). The van der Waals surface area contributed by atoms with Gasteiger partial charge in [-0.3, -0.25) is 9.59 Å². The minimum Gasteiger partial charge on any atom is -0.394 e. The topological polar surface area (TPSA) is 132 Å². The van der Waals surface area contributed by atoms with E-state index in [1.165, 1.54) is 0 Å². The van der Waals surface area contributed by atoms with Crippen LogP contribution in [0.25, 0.3) is 0 Å².